The molecule has 5 nitrogen and oxygen atoms in total. The van der Waals surface area contributed by atoms with E-state index in [9.17, 15) is 4.79 Å². The maximum absolute atomic E-state index is 12.4. The molecule has 1 aliphatic rings. The van der Waals surface area contributed by atoms with Crippen LogP contribution >= 0.6 is 11.8 Å². The van der Waals surface area contributed by atoms with Crippen LogP contribution in [0, 0.1) is 0 Å². The molecule has 3 rings (SSSR count). The van der Waals surface area contributed by atoms with Gasteiger partial charge in [-0.1, -0.05) is 42.1 Å². The number of nitrogens with zero attached hydrogens (tertiary/aromatic N) is 2. The first kappa shape index (κ1) is 20.3. The lowest BCUT2D eigenvalue weighted by Crippen LogP contribution is -2.29. The third-order valence-electron chi connectivity index (χ3n) is 5.12. The molecule has 148 valence electrons. The van der Waals surface area contributed by atoms with E-state index in [1.165, 1.54) is 5.69 Å². The van der Waals surface area contributed by atoms with E-state index >= 15 is 0 Å². The molecule has 1 aliphatic heterocycles. The van der Waals surface area contributed by atoms with Crippen molar-refractivity contribution in [3.05, 3.63) is 65.7 Å². The van der Waals surface area contributed by atoms with Crippen molar-refractivity contribution in [1.29, 1.82) is 0 Å². The van der Waals surface area contributed by atoms with E-state index in [1.54, 1.807) is 11.8 Å². The highest BCUT2D eigenvalue weighted by molar-refractivity contribution is 8.13. The van der Waals surface area contributed by atoms with Gasteiger partial charge in [0.1, 0.15) is 0 Å². The van der Waals surface area contributed by atoms with Gasteiger partial charge in [0.2, 0.25) is 0 Å². The number of hydrogen-bond donors (Lipinski definition) is 2. The molecule has 0 fully saturated rings. The van der Waals surface area contributed by atoms with Crippen molar-refractivity contribution in [3.63, 3.8) is 0 Å². The molecule has 28 heavy (non-hydrogen) atoms. The molecule has 2 aromatic carbocycles. The smallest absolute Gasteiger partial charge is 0.251 e. The third-order valence-corrected chi connectivity index (χ3v) is 5.91. The van der Waals surface area contributed by atoms with Crippen LogP contribution in [0.25, 0.3) is 0 Å². The number of carbonyl (C=O) groups excluding carboxylic acids is 1. The van der Waals surface area contributed by atoms with Crippen molar-refractivity contribution in [1.82, 2.24) is 5.32 Å². The highest BCUT2D eigenvalue weighted by Gasteiger charge is 2.29. The summed E-state index contributed by atoms with van der Waals surface area (Å²) in [6.07, 6.45) is 1.83. The molecule has 0 radical (unpaired) electrons. The summed E-state index contributed by atoms with van der Waals surface area (Å²) in [6, 6.07) is 18.0. The summed E-state index contributed by atoms with van der Waals surface area (Å²) in [4.78, 5) is 19.2. The van der Waals surface area contributed by atoms with Gasteiger partial charge in [-0.3, -0.25) is 9.79 Å². The van der Waals surface area contributed by atoms with E-state index < -0.39 is 0 Å². The predicted molar refractivity (Wildman–Crippen MR) is 119 cm³/mol. The number of amides is 1. The minimum absolute atomic E-state index is 0.0405. The molecule has 6 heteroatoms. The monoisotopic (exact) mass is 396 g/mol. The van der Waals surface area contributed by atoms with Crippen LogP contribution < -0.4 is 16.0 Å². The number of nitrogens with one attached hydrogen (secondary N) is 1. The largest absolute Gasteiger partial charge is 0.379 e. The Morgan fingerprint density at radius 1 is 1.21 bits per heavy atom. The standard InChI is InChI=1S/C22H28N4OS/c1-22(13-16-28-21(23)25-22)18-11-9-17(10-12-18)20(27)24-14-6-15-26(2)19-7-4-3-5-8-19/h3-5,7-12H,6,13-16H2,1-2H3,(H2,23,25)(H,24,27). The molecule has 1 atom stereocenters. The Morgan fingerprint density at radius 2 is 1.93 bits per heavy atom. The predicted octanol–water partition coefficient (Wildman–Crippen LogP) is 3.61. The highest BCUT2D eigenvalue weighted by Crippen LogP contribution is 2.34. The van der Waals surface area contributed by atoms with Crippen molar-refractivity contribution < 1.29 is 4.79 Å². The van der Waals surface area contributed by atoms with Gasteiger partial charge in [0.05, 0.1) is 5.54 Å². The molecule has 0 saturated carbocycles. The lowest BCUT2D eigenvalue weighted by Gasteiger charge is -2.29. The first-order valence-corrected chi connectivity index (χ1v) is 10.6. The minimum atomic E-state index is -0.299. The molecule has 1 unspecified atom stereocenters. The van der Waals surface area contributed by atoms with Gasteiger partial charge in [-0.05, 0) is 49.6 Å². The fourth-order valence-corrected chi connectivity index (χ4v) is 4.28. The zero-order valence-corrected chi connectivity index (χ0v) is 17.3. The van der Waals surface area contributed by atoms with Crippen LogP contribution in [0.5, 0.6) is 0 Å². The van der Waals surface area contributed by atoms with Gasteiger partial charge in [0.15, 0.2) is 5.17 Å². The summed E-state index contributed by atoms with van der Waals surface area (Å²) < 4.78 is 0. The number of benzene rings is 2. The van der Waals surface area contributed by atoms with E-state index in [1.807, 2.05) is 42.5 Å². The second kappa shape index (κ2) is 9.15. The summed E-state index contributed by atoms with van der Waals surface area (Å²) in [5.74, 6) is 0.923. The molecule has 0 spiro atoms. The third kappa shape index (κ3) is 5.07. The van der Waals surface area contributed by atoms with Gasteiger partial charge in [-0.25, -0.2) is 0 Å². The van der Waals surface area contributed by atoms with Crippen LogP contribution in [0.4, 0.5) is 5.69 Å². The zero-order valence-electron chi connectivity index (χ0n) is 16.5. The Kier molecular flexibility index (Phi) is 6.62. The second-order valence-corrected chi connectivity index (χ2v) is 8.38. The molecule has 0 aromatic heterocycles. The van der Waals surface area contributed by atoms with Crippen LogP contribution in [0.15, 0.2) is 59.6 Å². The van der Waals surface area contributed by atoms with Crippen LogP contribution in [-0.2, 0) is 5.54 Å². The summed E-state index contributed by atoms with van der Waals surface area (Å²) in [5, 5.41) is 3.64. The zero-order chi connectivity index (χ0) is 20.0. The quantitative estimate of drug-likeness (QED) is 0.702. The molecular weight excluding hydrogens is 368 g/mol. The average Bonchev–Trinajstić information content (AvgIpc) is 2.71. The van der Waals surface area contributed by atoms with Gasteiger partial charge in [-0.15, -0.1) is 0 Å². The van der Waals surface area contributed by atoms with E-state index in [2.05, 4.69) is 41.3 Å². The Labute approximate surface area is 171 Å². The normalized spacial score (nSPS) is 19.0. The number of amidine groups is 1. The number of para-hydroxylation sites is 1. The van der Waals surface area contributed by atoms with Crippen molar-refractivity contribution in [2.24, 2.45) is 10.7 Å². The number of nitrogens with two attached hydrogens (primary N) is 1. The van der Waals surface area contributed by atoms with Gasteiger partial charge in [0.25, 0.3) is 5.91 Å². The van der Waals surface area contributed by atoms with Crippen LogP contribution in [0.3, 0.4) is 0 Å². The van der Waals surface area contributed by atoms with E-state index in [-0.39, 0.29) is 11.4 Å². The van der Waals surface area contributed by atoms with Crippen LogP contribution in [-0.4, -0.2) is 37.0 Å². The number of rotatable bonds is 7. The first-order valence-electron chi connectivity index (χ1n) is 9.61. The molecule has 0 bridgehead atoms. The fraction of sp³-hybridized carbons (Fsp3) is 0.364. The van der Waals surface area contributed by atoms with E-state index in [4.69, 9.17) is 5.73 Å². The van der Waals surface area contributed by atoms with Gasteiger partial charge >= 0.3 is 0 Å². The van der Waals surface area contributed by atoms with Gasteiger partial charge in [0, 0.05) is 37.1 Å². The Balaban J connectivity index is 1.49. The average molecular weight is 397 g/mol. The molecule has 1 heterocycles. The molecule has 3 N–H and O–H groups in total. The number of thioether (sulfide) groups is 1. The first-order chi connectivity index (χ1) is 13.5. The Bertz CT molecular complexity index is 822. The number of aliphatic imine (C=N–C) groups is 1. The van der Waals surface area contributed by atoms with E-state index in [0.717, 1.165) is 30.7 Å². The van der Waals surface area contributed by atoms with Crippen molar-refractivity contribution >= 4 is 28.5 Å². The van der Waals surface area contributed by atoms with Crippen molar-refractivity contribution in [3.8, 4) is 0 Å². The molecule has 0 aliphatic carbocycles. The van der Waals surface area contributed by atoms with Crippen LogP contribution in [0.2, 0.25) is 0 Å². The van der Waals surface area contributed by atoms with Gasteiger partial charge in [-0.2, -0.15) is 0 Å². The number of carbonyl (C=O) groups is 1. The second-order valence-electron chi connectivity index (χ2n) is 7.27. The molecule has 1 amide bonds. The molecular formula is C22H28N4OS. The van der Waals surface area contributed by atoms with Crippen LogP contribution in [0.1, 0.15) is 35.7 Å². The number of anilines is 1. The SMILES string of the molecule is CN(CCCNC(=O)c1ccc(C2(C)CCSC(N)=N2)cc1)c1ccccc1. The molecule has 0 saturated heterocycles. The van der Waals surface area contributed by atoms with E-state index in [0.29, 0.717) is 17.3 Å². The fourth-order valence-electron chi connectivity index (χ4n) is 3.31. The summed E-state index contributed by atoms with van der Waals surface area (Å²) in [5.41, 5.74) is 8.55. The Hall–Kier alpha value is -2.47. The minimum Gasteiger partial charge on any atom is -0.379 e. The lowest BCUT2D eigenvalue weighted by molar-refractivity contribution is 0.0953. The topological polar surface area (TPSA) is 70.7 Å². The molecule has 2 aromatic rings. The highest BCUT2D eigenvalue weighted by atomic mass is 32.2. The van der Waals surface area contributed by atoms with Gasteiger partial charge < -0.3 is 16.0 Å². The lowest BCUT2D eigenvalue weighted by atomic mass is 9.89. The van der Waals surface area contributed by atoms with Crippen molar-refractivity contribution in [2.45, 2.75) is 25.3 Å². The van der Waals surface area contributed by atoms with Crippen molar-refractivity contribution in [2.75, 3.05) is 30.8 Å². The summed E-state index contributed by atoms with van der Waals surface area (Å²) in [6.45, 7) is 3.63. The summed E-state index contributed by atoms with van der Waals surface area (Å²) >= 11 is 1.59. The Morgan fingerprint density at radius 3 is 2.61 bits per heavy atom. The summed E-state index contributed by atoms with van der Waals surface area (Å²) in [7, 11) is 2.06. The maximum Gasteiger partial charge on any atom is 0.251 e. The maximum atomic E-state index is 12.4. The number of hydrogen-bond acceptors (Lipinski definition) is 5.